The molecule has 0 aromatic carbocycles. The van der Waals surface area contributed by atoms with E-state index in [1.165, 1.54) is 23.7 Å². The van der Waals surface area contributed by atoms with E-state index < -0.39 is 8.07 Å². The van der Waals surface area contributed by atoms with Crippen LogP contribution < -0.4 is 0 Å². The molecule has 4 bridgehead atoms. The Morgan fingerprint density at radius 3 is 0.800 bits per heavy atom. The van der Waals surface area contributed by atoms with E-state index in [1.807, 2.05) is 0 Å². The van der Waals surface area contributed by atoms with Gasteiger partial charge in [0.1, 0.15) is 0 Å². The van der Waals surface area contributed by atoms with Crippen LogP contribution >= 0.6 is 0 Å². The molecule has 4 rings (SSSR count). The molecule has 0 spiro atoms. The van der Waals surface area contributed by atoms with Crippen molar-refractivity contribution in [3.05, 3.63) is 0 Å². The molecule has 0 atom stereocenters. The van der Waals surface area contributed by atoms with Crippen LogP contribution in [0.2, 0.25) is 26.2 Å². The first kappa shape index (κ1) is 11.7. The maximum atomic E-state index is 2.33. The van der Waals surface area contributed by atoms with Crippen molar-refractivity contribution in [1.29, 1.82) is 0 Å². The Kier molecular flexibility index (Phi) is 3.30. The second kappa shape index (κ2) is 4.23. The van der Waals surface area contributed by atoms with Gasteiger partial charge in [0.05, 0.1) is 0 Å². The van der Waals surface area contributed by atoms with Crippen LogP contribution in [-0.4, -0.2) is 8.07 Å². The molecular weight excluding hydrogens is 196 g/mol. The lowest BCUT2D eigenvalue weighted by atomic mass is 9.56. The van der Waals surface area contributed by atoms with Crippen molar-refractivity contribution in [2.75, 3.05) is 0 Å². The molecule has 0 aromatic rings. The van der Waals surface area contributed by atoms with Gasteiger partial charge >= 0.3 is 0 Å². The summed E-state index contributed by atoms with van der Waals surface area (Å²) in [5.41, 5.74) is 0. The predicted molar refractivity (Wildman–Crippen MR) is 70.9 cm³/mol. The van der Waals surface area contributed by atoms with Crippen molar-refractivity contribution in [3.63, 3.8) is 0 Å². The van der Waals surface area contributed by atoms with Gasteiger partial charge in [-0.05, 0) is 62.2 Å². The fraction of sp³-hybridized carbons (Fsp3) is 1.00. The minimum Gasteiger partial charge on any atom is -0.0697 e. The van der Waals surface area contributed by atoms with E-state index in [-0.39, 0.29) is 0 Å². The molecule has 0 radical (unpaired) electrons. The molecule has 0 amide bonds. The highest BCUT2D eigenvalue weighted by atomic mass is 28.3. The lowest BCUT2D eigenvalue weighted by Gasteiger charge is -2.49. The molecule has 4 aliphatic carbocycles. The van der Waals surface area contributed by atoms with E-state index in [0.29, 0.717) is 0 Å². The van der Waals surface area contributed by atoms with Gasteiger partial charge in [-0.15, -0.1) is 0 Å². The van der Waals surface area contributed by atoms with E-state index in [0.717, 1.165) is 0 Å². The van der Waals surface area contributed by atoms with E-state index in [4.69, 9.17) is 0 Å². The average molecular weight is 224 g/mol. The fourth-order valence-electron chi connectivity index (χ4n) is 3.98. The molecule has 0 heterocycles. The fourth-order valence-corrected chi connectivity index (χ4v) is 3.98. The third kappa shape index (κ3) is 3.62. The molecule has 4 aliphatic rings. The Bertz CT molecular complexity index is 151. The molecule has 0 N–H and O–H groups in total. The summed E-state index contributed by atoms with van der Waals surface area (Å²) in [6.45, 7) is 9.31. The van der Waals surface area contributed by atoms with Gasteiger partial charge in [0.15, 0.2) is 0 Å². The van der Waals surface area contributed by atoms with Crippen molar-refractivity contribution < 1.29 is 0 Å². The van der Waals surface area contributed by atoms with Crippen molar-refractivity contribution >= 4 is 8.07 Å². The van der Waals surface area contributed by atoms with Crippen LogP contribution in [0, 0.1) is 23.7 Å². The Balaban J connectivity index is 0.000000149. The number of hydrogen-bond donors (Lipinski definition) is 0. The highest BCUT2D eigenvalue weighted by Gasteiger charge is 2.41. The maximum absolute atomic E-state index is 2.33. The van der Waals surface area contributed by atoms with Gasteiger partial charge in [-0.1, -0.05) is 26.2 Å². The SMILES string of the molecule is C1C2CC3CC1CC(C2)C3.C[Si](C)(C)C. The number of hydrogen-bond acceptors (Lipinski definition) is 0. The zero-order valence-electron chi connectivity index (χ0n) is 11.1. The second-order valence-electron chi connectivity index (χ2n) is 7.88. The highest BCUT2D eigenvalue weighted by Crippen LogP contribution is 2.53. The zero-order chi connectivity index (χ0) is 11.1. The molecular formula is C14H28Si. The lowest BCUT2D eigenvalue weighted by Crippen LogP contribution is -2.38. The molecule has 15 heavy (non-hydrogen) atoms. The summed E-state index contributed by atoms with van der Waals surface area (Å²) in [5, 5.41) is 0. The van der Waals surface area contributed by atoms with Crippen LogP contribution in [0.4, 0.5) is 0 Å². The zero-order valence-corrected chi connectivity index (χ0v) is 12.1. The smallest absolute Gasteiger partial charge is 0.0411 e. The standard InChI is InChI=1S/C10H16.C4H12Si/c1-7-2-9-4-8(1)5-10(3-7)6-9;1-5(2,3)4/h7-10H,1-6H2;1-4H3. The van der Waals surface area contributed by atoms with E-state index >= 15 is 0 Å². The molecule has 0 nitrogen and oxygen atoms in total. The van der Waals surface area contributed by atoms with Crippen molar-refractivity contribution in [2.45, 2.75) is 64.7 Å². The third-order valence-electron chi connectivity index (χ3n) is 4.00. The van der Waals surface area contributed by atoms with Gasteiger partial charge in [0, 0.05) is 8.07 Å². The number of rotatable bonds is 0. The van der Waals surface area contributed by atoms with E-state index in [9.17, 15) is 0 Å². The summed E-state index contributed by atoms with van der Waals surface area (Å²) < 4.78 is 0. The maximum Gasteiger partial charge on any atom is 0.0411 e. The largest absolute Gasteiger partial charge is 0.0697 e. The first-order valence-electron chi connectivity index (χ1n) is 6.90. The van der Waals surface area contributed by atoms with Gasteiger partial charge in [-0.3, -0.25) is 0 Å². The summed E-state index contributed by atoms with van der Waals surface area (Å²) in [5.74, 6) is 4.71. The summed E-state index contributed by atoms with van der Waals surface area (Å²) in [6, 6.07) is 0. The van der Waals surface area contributed by atoms with E-state index in [1.54, 1.807) is 38.5 Å². The van der Waals surface area contributed by atoms with Crippen LogP contribution in [0.5, 0.6) is 0 Å². The first-order valence-corrected chi connectivity index (χ1v) is 10.9. The normalized spacial score (nSPS) is 42.4. The van der Waals surface area contributed by atoms with Gasteiger partial charge in [-0.2, -0.15) is 0 Å². The van der Waals surface area contributed by atoms with Crippen LogP contribution in [0.3, 0.4) is 0 Å². The Morgan fingerprint density at radius 2 is 0.667 bits per heavy atom. The topological polar surface area (TPSA) is 0 Å². The van der Waals surface area contributed by atoms with Crippen molar-refractivity contribution in [1.82, 2.24) is 0 Å². The van der Waals surface area contributed by atoms with Crippen LogP contribution in [0.15, 0.2) is 0 Å². The van der Waals surface area contributed by atoms with Crippen LogP contribution in [0.25, 0.3) is 0 Å². The van der Waals surface area contributed by atoms with Crippen LogP contribution in [-0.2, 0) is 0 Å². The summed E-state index contributed by atoms with van der Waals surface area (Å²) >= 11 is 0. The minimum atomic E-state index is -0.611. The molecule has 88 valence electrons. The van der Waals surface area contributed by atoms with Gasteiger partial charge < -0.3 is 0 Å². The Hall–Kier alpha value is 0.217. The van der Waals surface area contributed by atoms with Crippen molar-refractivity contribution in [3.8, 4) is 0 Å². The Morgan fingerprint density at radius 1 is 0.533 bits per heavy atom. The van der Waals surface area contributed by atoms with Gasteiger partial charge in [0.2, 0.25) is 0 Å². The lowest BCUT2D eigenvalue weighted by molar-refractivity contribution is 0.0198. The molecule has 0 aliphatic heterocycles. The van der Waals surface area contributed by atoms with Gasteiger partial charge in [0.25, 0.3) is 0 Å². The van der Waals surface area contributed by atoms with Gasteiger partial charge in [-0.25, -0.2) is 0 Å². The minimum absolute atomic E-state index is 0.611. The quantitative estimate of drug-likeness (QED) is 0.519. The average Bonchev–Trinajstić information content (AvgIpc) is 1.96. The molecule has 0 aromatic heterocycles. The summed E-state index contributed by atoms with van der Waals surface area (Å²) in [7, 11) is -0.611. The monoisotopic (exact) mass is 224 g/mol. The predicted octanol–water partition coefficient (Wildman–Crippen LogP) is 4.79. The first-order chi connectivity index (χ1) is 6.90. The molecule has 4 fully saturated rings. The van der Waals surface area contributed by atoms with Crippen LogP contribution in [0.1, 0.15) is 38.5 Å². The molecule has 1 heteroatoms. The highest BCUT2D eigenvalue weighted by molar-refractivity contribution is 6.74. The van der Waals surface area contributed by atoms with Crippen molar-refractivity contribution in [2.24, 2.45) is 23.7 Å². The molecule has 0 saturated heterocycles. The van der Waals surface area contributed by atoms with E-state index in [2.05, 4.69) is 26.2 Å². The third-order valence-corrected chi connectivity index (χ3v) is 4.00. The summed E-state index contributed by atoms with van der Waals surface area (Å²) in [6.07, 6.45) is 9.62. The molecule has 4 saturated carbocycles. The molecule has 0 unspecified atom stereocenters. The summed E-state index contributed by atoms with van der Waals surface area (Å²) in [4.78, 5) is 0. The second-order valence-corrected chi connectivity index (χ2v) is 13.9. The Labute approximate surface area is 96.9 Å².